The number of halogens is 2. The first kappa shape index (κ1) is 23.6. The summed E-state index contributed by atoms with van der Waals surface area (Å²) in [6, 6.07) is 7.36. The van der Waals surface area contributed by atoms with Gasteiger partial charge in [0.15, 0.2) is 0 Å². The quantitative estimate of drug-likeness (QED) is 0.276. The smallest absolute Gasteiger partial charge is 0.295 e. The predicted molar refractivity (Wildman–Crippen MR) is 116 cm³/mol. The molecule has 1 fully saturated rings. The number of Topliss-reactive ketones (excluding diaryl/α,β-unsaturated/α-hetero) is 1. The van der Waals surface area contributed by atoms with Gasteiger partial charge in [-0.15, -0.1) is 0 Å². The van der Waals surface area contributed by atoms with Crippen molar-refractivity contribution in [3.8, 4) is 11.5 Å². The van der Waals surface area contributed by atoms with Crippen LogP contribution in [-0.2, 0) is 14.3 Å². The second-order valence-corrected chi connectivity index (χ2v) is 7.48. The minimum absolute atomic E-state index is 0.125. The van der Waals surface area contributed by atoms with Gasteiger partial charge in [0, 0.05) is 26.3 Å². The highest BCUT2D eigenvalue weighted by atomic mass is 35.5. The highest BCUT2D eigenvalue weighted by molar-refractivity contribution is 6.46. The predicted octanol–water partition coefficient (Wildman–Crippen LogP) is 3.95. The van der Waals surface area contributed by atoms with E-state index in [1.807, 2.05) is 0 Å². The highest BCUT2D eigenvalue weighted by Crippen LogP contribution is 2.43. The van der Waals surface area contributed by atoms with Crippen LogP contribution in [0.3, 0.4) is 0 Å². The van der Waals surface area contributed by atoms with E-state index >= 15 is 0 Å². The molecule has 170 valence electrons. The monoisotopic (exact) mass is 463 g/mol. The van der Waals surface area contributed by atoms with E-state index in [0.717, 1.165) is 0 Å². The lowest BCUT2D eigenvalue weighted by Crippen LogP contribution is -2.31. The molecule has 1 amide bonds. The molecular weight excluding hydrogens is 441 g/mol. The highest BCUT2D eigenvalue weighted by Gasteiger charge is 2.46. The van der Waals surface area contributed by atoms with Crippen molar-refractivity contribution in [3.05, 3.63) is 63.9 Å². The van der Waals surface area contributed by atoms with Crippen molar-refractivity contribution in [1.82, 2.24) is 4.90 Å². The van der Waals surface area contributed by atoms with Crippen LogP contribution in [0.25, 0.3) is 5.76 Å². The number of methoxy groups -OCH3 is 3. The third-order valence-electron chi connectivity index (χ3n) is 5.20. The van der Waals surface area contributed by atoms with Gasteiger partial charge in [0.05, 0.1) is 36.4 Å². The molecule has 1 N–H and O–H groups in total. The zero-order chi connectivity index (χ0) is 23.4. The summed E-state index contributed by atoms with van der Waals surface area (Å²) in [5.41, 5.74) is 0.460. The Morgan fingerprint density at radius 1 is 1.09 bits per heavy atom. The van der Waals surface area contributed by atoms with E-state index in [0.29, 0.717) is 24.3 Å². The van der Waals surface area contributed by atoms with Gasteiger partial charge in [0.25, 0.3) is 11.7 Å². The number of nitrogens with zero attached hydrogens (tertiary/aromatic N) is 1. The van der Waals surface area contributed by atoms with E-state index in [-0.39, 0.29) is 28.5 Å². The Bertz CT molecular complexity index is 1050. The van der Waals surface area contributed by atoms with Crippen LogP contribution in [0.5, 0.6) is 11.5 Å². The third-order valence-corrected chi connectivity index (χ3v) is 5.50. The van der Waals surface area contributed by atoms with Crippen molar-refractivity contribution in [2.75, 3.05) is 34.5 Å². The molecule has 0 radical (unpaired) electrons. The maximum atomic E-state index is 13.5. The van der Waals surface area contributed by atoms with Crippen LogP contribution in [0.15, 0.2) is 42.0 Å². The first-order chi connectivity index (χ1) is 15.3. The standard InChI is InChI=1S/C23H23ClFNO6/c1-30-10-4-9-26-20(13-5-7-14(25)8-6-13)19(22(28)23(26)29)21(27)15-11-16(24)18(32-3)12-17(15)31-2/h5-8,11-12,20,27H,4,9-10H2,1-3H3/b21-19+. The fourth-order valence-corrected chi connectivity index (χ4v) is 3.91. The molecule has 0 spiro atoms. The number of aliphatic hydroxyl groups excluding tert-OH is 1. The van der Waals surface area contributed by atoms with E-state index in [4.69, 9.17) is 25.8 Å². The third kappa shape index (κ3) is 4.42. The Morgan fingerprint density at radius 2 is 1.75 bits per heavy atom. The van der Waals surface area contributed by atoms with Gasteiger partial charge in [0.2, 0.25) is 0 Å². The van der Waals surface area contributed by atoms with E-state index in [1.54, 1.807) is 0 Å². The Kier molecular flexibility index (Phi) is 7.37. The topological polar surface area (TPSA) is 85.3 Å². The largest absolute Gasteiger partial charge is 0.507 e. The number of hydrogen-bond donors (Lipinski definition) is 1. The number of ether oxygens (including phenoxy) is 3. The van der Waals surface area contributed by atoms with Gasteiger partial charge in [0.1, 0.15) is 23.1 Å². The van der Waals surface area contributed by atoms with Gasteiger partial charge in [-0.25, -0.2) is 4.39 Å². The molecule has 0 aliphatic carbocycles. The summed E-state index contributed by atoms with van der Waals surface area (Å²) < 4.78 is 29.1. The van der Waals surface area contributed by atoms with E-state index in [2.05, 4.69) is 0 Å². The zero-order valence-electron chi connectivity index (χ0n) is 17.9. The minimum atomic E-state index is -0.918. The van der Waals surface area contributed by atoms with Crippen LogP contribution in [0, 0.1) is 5.82 Å². The lowest BCUT2D eigenvalue weighted by Gasteiger charge is -2.25. The second-order valence-electron chi connectivity index (χ2n) is 7.08. The molecule has 7 nitrogen and oxygen atoms in total. The molecule has 0 saturated carbocycles. The molecule has 1 unspecified atom stereocenters. The summed E-state index contributed by atoms with van der Waals surface area (Å²) in [5.74, 6) is -2.02. The average Bonchev–Trinajstić information content (AvgIpc) is 3.04. The van der Waals surface area contributed by atoms with Gasteiger partial charge in [-0.2, -0.15) is 0 Å². The van der Waals surface area contributed by atoms with Crippen LogP contribution in [0.1, 0.15) is 23.6 Å². The minimum Gasteiger partial charge on any atom is -0.507 e. The fourth-order valence-electron chi connectivity index (χ4n) is 3.67. The van der Waals surface area contributed by atoms with Crippen LogP contribution >= 0.6 is 11.6 Å². The maximum Gasteiger partial charge on any atom is 0.295 e. The average molecular weight is 464 g/mol. The summed E-state index contributed by atoms with van der Waals surface area (Å²) in [6.45, 7) is 0.582. The van der Waals surface area contributed by atoms with Crippen molar-refractivity contribution >= 4 is 29.1 Å². The Morgan fingerprint density at radius 3 is 2.34 bits per heavy atom. The molecule has 1 heterocycles. The van der Waals surface area contributed by atoms with E-state index in [9.17, 15) is 19.1 Å². The van der Waals surface area contributed by atoms with Gasteiger partial charge >= 0.3 is 0 Å². The van der Waals surface area contributed by atoms with Crippen LogP contribution in [0.4, 0.5) is 4.39 Å². The summed E-state index contributed by atoms with van der Waals surface area (Å²) in [7, 11) is 4.35. The van der Waals surface area contributed by atoms with Gasteiger partial charge in [-0.3, -0.25) is 9.59 Å². The summed E-state index contributed by atoms with van der Waals surface area (Å²) in [5, 5.41) is 11.4. The number of benzene rings is 2. The molecule has 0 bridgehead atoms. The molecule has 1 atom stereocenters. The number of ketones is 1. The van der Waals surface area contributed by atoms with Crippen molar-refractivity contribution in [2.24, 2.45) is 0 Å². The van der Waals surface area contributed by atoms with E-state index in [1.165, 1.54) is 62.6 Å². The number of amides is 1. The molecule has 1 aliphatic heterocycles. The van der Waals surface area contributed by atoms with Gasteiger partial charge in [-0.05, 0) is 30.2 Å². The van der Waals surface area contributed by atoms with Crippen LogP contribution in [-0.4, -0.2) is 56.2 Å². The lowest BCUT2D eigenvalue weighted by atomic mass is 9.95. The molecule has 0 aromatic heterocycles. The molecule has 2 aromatic carbocycles. The van der Waals surface area contributed by atoms with Gasteiger partial charge < -0.3 is 24.2 Å². The molecule has 2 aromatic rings. The summed E-state index contributed by atoms with van der Waals surface area (Å²) in [6.07, 6.45) is 0.471. The number of aliphatic hydroxyl groups is 1. The number of carbonyl (C=O) groups excluding carboxylic acids is 2. The number of carbonyl (C=O) groups is 2. The Hall–Kier alpha value is -3.10. The van der Waals surface area contributed by atoms with Gasteiger partial charge in [-0.1, -0.05) is 23.7 Å². The lowest BCUT2D eigenvalue weighted by molar-refractivity contribution is -0.140. The molecule has 1 aliphatic rings. The van der Waals surface area contributed by atoms with Crippen LogP contribution in [0.2, 0.25) is 5.02 Å². The molecule has 3 rings (SSSR count). The van der Waals surface area contributed by atoms with Crippen LogP contribution < -0.4 is 9.47 Å². The summed E-state index contributed by atoms with van der Waals surface area (Å²) >= 11 is 6.23. The zero-order valence-corrected chi connectivity index (χ0v) is 18.6. The normalized spacial score (nSPS) is 17.7. The Balaban J connectivity index is 2.20. The molecule has 32 heavy (non-hydrogen) atoms. The van der Waals surface area contributed by atoms with Crippen molar-refractivity contribution in [1.29, 1.82) is 0 Å². The van der Waals surface area contributed by atoms with Crippen molar-refractivity contribution in [3.63, 3.8) is 0 Å². The fraction of sp³-hybridized carbons (Fsp3) is 0.304. The summed E-state index contributed by atoms with van der Waals surface area (Å²) in [4.78, 5) is 27.2. The van der Waals surface area contributed by atoms with E-state index < -0.39 is 29.3 Å². The second kappa shape index (κ2) is 10.0. The number of likely N-dealkylation sites (tertiary alicyclic amines) is 1. The Labute approximate surface area is 189 Å². The molecular formula is C23H23ClFNO6. The first-order valence-corrected chi connectivity index (χ1v) is 10.2. The van der Waals surface area contributed by atoms with Crippen molar-refractivity contribution < 1.29 is 33.3 Å². The number of rotatable bonds is 8. The first-order valence-electron chi connectivity index (χ1n) is 9.78. The van der Waals surface area contributed by atoms with Crippen molar-refractivity contribution in [2.45, 2.75) is 12.5 Å². The maximum absolute atomic E-state index is 13.5. The number of hydrogen-bond acceptors (Lipinski definition) is 6. The molecule has 1 saturated heterocycles. The SMILES string of the molecule is COCCCN1C(=O)C(=O)/C(=C(/O)c2cc(Cl)c(OC)cc2OC)C1c1ccc(F)cc1. The molecule has 9 heteroatoms.